The Morgan fingerprint density at radius 3 is 2.63 bits per heavy atom. The van der Waals surface area contributed by atoms with E-state index in [1.165, 1.54) is 36.7 Å². The highest BCUT2D eigenvalue weighted by Gasteiger charge is 2.17. The zero-order valence-electron chi connectivity index (χ0n) is 10.2. The maximum atomic E-state index is 11.3. The lowest BCUT2D eigenvalue weighted by atomic mass is 10.1. The first kappa shape index (κ1) is 13.1. The lowest BCUT2D eigenvalue weighted by Crippen LogP contribution is -2.29. The molecule has 1 aromatic heterocycles. The minimum atomic E-state index is -3.67. The second-order valence-electron chi connectivity index (χ2n) is 4.61. The van der Waals surface area contributed by atoms with Crippen molar-refractivity contribution in [1.29, 1.82) is 0 Å². The molecular formula is C12H13ClN2O2S2. The van der Waals surface area contributed by atoms with Gasteiger partial charge in [-0.2, -0.15) is 0 Å². The molecule has 0 radical (unpaired) electrons. The highest BCUT2D eigenvalue weighted by atomic mass is 35.7. The lowest BCUT2D eigenvalue weighted by molar-refractivity contribution is 0.577. The van der Waals surface area contributed by atoms with Crippen LogP contribution in [-0.4, -0.2) is 26.5 Å². The standard InChI is InChI=1S/C12H13ClN2O2S2/c13-19(16,17)9-4-5-10-11(8-9)18-12(14-10)15-6-2-1-3-7-15/h4-5,8H,1-3,6-7H2. The third kappa shape index (κ3) is 2.70. The molecule has 4 nitrogen and oxygen atoms in total. The van der Waals surface area contributed by atoms with Crippen LogP contribution in [0.2, 0.25) is 0 Å². The number of aromatic nitrogens is 1. The van der Waals surface area contributed by atoms with Crippen molar-refractivity contribution in [2.75, 3.05) is 18.0 Å². The van der Waals surface area contributed by atoms with Crippen LogP contribution in [0.3, 0.4) is 0 Å². The van der Waals surface area contributed by atoms with Crippen LogP contribution in [0.5, 0.6) is 0 Å². The zero-order valence-corrected chi connectivity index (χ0v) is 12.6. The van der Waals surface area contributed by atoms with Crippen molar-refractivity contribution in [3.05, 3.63) is 18.2 Å². The van der Waals surface area contributed by atoms with Gasteiger partial charge in [-0.1, -0.05) is 11.3 Å². The van der Waals surface area contributed by atoms with Gasteiger partial charge in [-0.05, 0) is 37.5 Å². The minimum Gasteiger partial charge on any atom is -0.348 e. The van der Waals surface area contributed by atoms with Crippen molar-refractivity contribution in [3.63, 3.8) is 0 Å². The summed E-state index contributed by atoms with van der Waals surface area (Å²) >= 11 is 1.53. The maximum Gasteiger partial charge on any atom is 0.261 e. The van der Waals surface area contributed by atoms with Crippen molar-refractivity contribution >= 4 is 46.4 Å². The van der Waals surface area contributed by atoms with Gasteiger partial charge in [0, 0.05) is 23.8 Å². The van der Waals surface area contributed by atoms with Crippen molar-refractivity contribution in [3.8, 4) is 0 Å². The number of benzene rings is 1. The van der Waals surface area contributed by atoms with E-state index in [0.717, 1.165) is 28.4 Å². The highest BCUT2D eigenvalue weighted by molar-refractivity contribution is 8.13. The molecule has 3 rings (SSSR count). The van der Waals surface area contributed by atoms with Crippen LogP contribution in [0, 0.1) is 0 Å². The summed E-state index contributed by atoms with van der Waals surface area (Å²) in [6.07, 6.45) is 3.66. The van der Waals surface area contributed by atoms with Crippen molar-refractivity contribution in [2.45, 2.75) is 24.2 Å². The highest BCUT2D eigenvalue weighted by Crippen LogP contribution is 2.32. The molecule has 2 heterocycles. The second-order valence-corrected chi connectivity index (χ2v) is 8.19. The van der Waals surface area contributed by atoms with Gasteiger partial charge in [0.2, 0.25) is 0 Å². The van der Waals surface area contributed by atoms with E-state index in [1.54, 1.807) is 12.1 Å². The number of hydrogen-bond acceptors (Lipinski definition) is 5. The number of nitrogens with zero attached hydrogens (tertiary/aromatic N) is 2. The molecule has 7 heteroatoms. The fraction of sp³-hybridized carbons (Fsp3) is 0.417. The molecule has 102 valence electrons. The summed E-state index contributed by atoms with van der Waals surface area (Å²) < 4.78 is 23.5. The molecule has 0 saturated carbocycles. The van der Waals surface area contributed by atoms with Gasteiger partial charge in [-0.15, -0.1) is 0 Å². The van der Waals surface area contributed by atoms with Crippen LogP contribution < -0.4 is 4.90 Å². The van der Waals surface area contributed by atoms with E-state index in [2.05, 4.69) is 9.88 Å². The fourth-order valence-corrected chi connectivity index (χ4v) is 4.17. The predicted octanol–water partition coefficient (Wildman–Crippen LogP) is 3.21. The van der Waals surface area contributed by atoms with Crippen LogP contribution in [0.4, 0.5) is 5.13 Å². The van der Waals surface area contributed by atoms with Crippen LogP contribution in [0.25, 0.3) is 10.2 Å². The molecule has 0 spiro atoms. The van der Waals surface area contributed by atoms with Gasteiger partial charge >= 0.3 is 0 Å². The first-order valence-electron chi connectivity index (χ1n) is 6.14. The van der Waals surface area contributed by atoms with Crippen LogP contribution in [0.15, 0.2) is 23.1 Å². The van der Waals surface area contributed by atoms with E-state index in [-0.39, 0.29) is 4.90 Å². The van der Waals surface area contributed by atoms with Gasteiger partial charge < -0.3 is 4.90 Å². The summed E-state index contributed by atoms with van der Waals surface area (Å²) in [4.78, 5) is 6.97. The quantitative estimate of drug-likeness (QED) is 0.798. The molecule has 19 heavy (non-hydrogen) atoms. The number of fused-ring (bicyclic) bond motifs is 1. The number of hydrogen-bond donors (Lipinski definition) is 0. The normalized spacial score (nSPS) is 17.0. The molecule has 2 aromatic rings. The van der Waals surface area contributed by atoms with Gasteiger partial charge in [0.05, 0.1) is 15.1 Å². The third-order valence-electron chi connectivity index (χ3n) is 3.26. The Morgan fingerprint density at radius 1 is 1.21 bits per heavy atom. The average Bonchev–Trinajstić information content (AvgIpc) is 2.81. The third-order valence-corrected chi connectivity index (χ3v) is 5.69. The number of piperidine rings is 1. The van der Waals surface area contributed by atoms with Crippen LogP contribution in [0.1, 0.15) is 19.3 Å². The average molecular weight is 317 g/mol. The van der Waals surface area contributed by atoms with Crippen molar-refractivity contribution < 1.29 is 8.42 Å². The monoisotopic (exact) mass is 316 g/mol. The van der Waals surface area contributed by atoms with E-state index in [4.69, 9.17) is 10.7 Å². The van der Waals surface area contributed by atoms with E-state index < -0.39 is 9.05 Å². The summed E-state index contributed by atoms with van der Waals surface area (Å²) in [7, 11) is 1.69. The Labute approximate surface area is 120 Å². The molecule has 0 bridgehead atoms. The van der Waals surface area contributed by atoms with Gasteiger partial charge in [0.15, 0.2) is 5.13 Å². The number of anilines is 1. The molecule has 1 fully saturated rings. The number of halogens is 1. The Bertz CT molecular complexity index is 706. The fourth-order valence-electron chi connectivity index (χ4n) is 2.26. The zero-order chi connectivity index (χ0) is 13.5. The second kappa shape index (κ2) is 4.92. The molecule has 0 amide bonds. The first-order chi connectivity index (χ1) is 9.04. The van der Waals surface area contributed by atoms with Crippen LogP contribution >= 0.6 is 22.0 Å². The molecule has 0 aliphatic carbocycles. The molecule has 1 saturated heterocycles. The molecule has 1 aliphatic heterocycles. The largest absolute Gasteiger partial charge is 0.348 e. The molecular weight excluding hydrogens is 304 g/mol. The molecule has 0 atom stereocenters. The molecule has 0 unspecified atom stereocenters. The topological polar surface area (TPSA) is 50.3 Å². The van der Waals surface area contributed by atoms with E-state index in [9.17, 15) is 8.42 Å². The molecule has 1 aromatic carbocycles. The summed E-state index contributed by atoms with van der Waals surface area (Å²) in [6, 6.07) is 4.82. The lowest BCUT2D eigenvalue weighted by Gasteiger charge is -2.25. The Balaban J connectivity index is 2.01. The maximum absolute atomic E-state index is 11.3. The summed E-state index contributed by atoms with van der Waals surface area (Å²) in [6.45, 7) is 2.06. The first-order valence-corrected chi connectivity index (χ1v) is 9.27. The Kier molecular flexibility index (Phi) is 3.41. The summed E-state index contributed by atoms with van der Waals surface area (Å²) in [5, 5.41) is 0.971. The van der Waals surface area contributed by atoms with Crippen LogP contribution in [-0.2, 0) is 9.05 Å². The SMILES string of the molecule is O=S(=O)(Cl)c1ccc2nc(N3CCCCC3)sc2c1. The molecule has 0 N–H and O–H groups in total. The van der Waals surface area contributed by atoms with E-state index in [1.807, 2.05) is 0 Å². The Morgan fingerprint density at radius 2 is 1.95 bits per heavy atom. The summed E-state index contributed by atoms with van der Waals surface area (Å²) in [5.41, 5.74) is 0.828. The van der Waals surface area contributed by atoms with Gasteiger partial charge in [0.1, 0.15) is 0 Å². The Hall–Kier alpha value is -0.850. The van der Waals surface area contributed by atoms with E-state index >= 15 is 0 Å². The van der Waals surface area contributed by atoms with Crippen molar-refractivity contribution in [1.82, 2.24) is 4.98 Å². The number of rotatable bonds is 2. The number of thiazole rings is 1. The van der Waals surface area contributed by atoms with E-state index in [0.29, 0.717) is 0 Å². The van der Waals surface area contributed by atoms with Gasteiger partial charge in [-0.25, -0.2) is 13.4 Å². The van der Waals surface area contributed by atoms with Gasteiger partial charge in [-0.3, -0.25) is 0 Å². The smallest absolute Gasteiger partial charge is 0.261 e. The van der Waals surface area contributed by atoms with Gasteiger partial charge in [0.25, 0.3) is 9.05 Å². The molecule has 1 aliphatic rings. The predicted molar refractivity (Wildman–Crippen MR) is 78.7 cm³/mol. The summed E-state index contributed by atoms with van der Waals surface area (Å²) in [5.74, 6) is 0. The van der Waals surface area contributed by atoms with Crippen molar-refractivity contribution in [2.24, 2.45) is 0 Å². The minimum absolute atomic E-state index is 0.135.